The van der Waals surface area contributed by atoms with Gasteiger partial charge >= 0.3 is 0 Å². The number of rotatable bonds is 6. The van der Waals surface area contributed by atoms with Gasteiger partial charge < -0.3 is 15.4 Å². The van der Waals surface area contributed by atoms with Crippen LogP contribution in [0.3, 0.4) is 0 Å². The summed E-state index contributed by atoms with van der Waals surface area (Å²) in [7, 11) is 4.13. The number of halogens is 1. The lowest BCUT2D eigenvalue weighted by molar-refractivity contribution is 0.103. The van der Waals surface area contributed by atoms with Crippen LogP contribution in [0, 0.1) is 0 Å². The van der Waals surface area contributed by atoms with Crippen LogP contribution in [0.2, 0.25) is 5.02 Å². The van der Waals surface area contributed by atoms with E-state index in [0.717, 1.165) is 40.8 Å². The molecular weight excluding hydrogens is 394 g/mol. The van der Waals surface area contributed by atoms with Crippen LogP contribution >= 0.6 is 23.4 Å². The van der Waals surface area contributed by atoms with E-state index in [2.05, 4.69) is 46.1 Å². The van der Waals surface area contributed by atoms with Crippen molar-refractivity contribution in [3.63, 3.8) is 0 Å². The second kappa shape index (κ2) is 8.21. The van der Waals surface area contributed by atoms with Crippen molar-refractivity contribution in [2.75, 3.05) is 32.1 Å². The second-order valence-corrected chi connectivity index (χ2v) is 8.50. The third-order valence-electron chi connectivity index (χ3n) is 4.63. The van der Waals surface area contributed by atoms with Crippen molar-refractivity contribution in [3.05, 3.63) is 40.4 Å². The number of hydrogen-bond acceptors (Lipinski definition) is 7. The predicted octanol–water partition coefficient (Wildman–Crippen LogP) is 4.00. The average Bonchev–Trinajstić information content (AvgIpc) is 2.65. The molecule has 0 fully saturated rings. The fourth-order valence-corrected chi connectivity index (χ4v) is 4.52. The Kier molecular flexibility index (Phi) is 5.68. The van der Waals surface area contributed by atoms with Crippen molar-refractivity contribution in [3.8, 4) is 11.4 Å². The number of hydrogen-bond donors (Lipinski definition) is 1. The smallest absolute Gasteiger partial charge is 0.224 e. The largest absolute Gasteiger partial charge is 0.372 e. The fraction of sp³-hybridized carbons (Fsp3) is 0.350. The highest BCUT2D eigenvalue weighted by Gasteiger charge is 2.20. The second-order valence-electron chi connectivity index (χ2n) is 7.03. The zero-order valence-electron chi connectivity index (χ0n) is 15.9. The number of aromatic nitrogens is 3. The zero-order valence-corrected chi connectivity index (χ0v) is 17.5. The monoisotopic (exact) mass is 415 g/mol. The van der Waals surface area contributed by atoms with Crippen LogP contribution < -0.4 is 5.73 Å². The van der Waals surface area contributed by atoms with Gasteiger partial charge in [0.15, 0.2) is 11.0 Å². The van der Waals surface area contributed by atoms with E-state index in [1.54, 1.807) is 11.8 Å². The quantitative estimate of drug-likeness (QED) is 0.481. The van der Waals surface area contributed by atoms with E-state index in [0.29, 0.717) is 29.2 Å². The molecule has 4 rings (SSSR count). The van der Waals surface area contributed by atoms with Gasteiger partial charge in [-0.25, -0.2) is 4.98 Å². The van der Waals surface area contributed by atoms with Crippen LogP contribution in [0.4, 0.5) is 5.95 Å². The normalized spacial score (nSPS) is 13.4. The molecule has 0 radical (unpaired) electrons. The van der Waals surface area contributed by atoms with Gasteiger partial charge in [-0.1, -0.05) is 41.6 Å². The molecule has 0 bridgehead atoms. The van der Waals surface area contributed by atoms with Crippen molar-refractivity contribution in [1.29, 1.82) is 0 Å². The summed E-state index contributed by atoms with van der Waals surface area (Å²) in [6.45, 7) is 2.17. The third kappa shape index (κ3) is 3.93. The van der Waals surface area contributed by atoms with Gasteiger partial charge in [0.2, 0.25) is 5.95 Å². The van der Waals surface area contributed by atoms with E-state index in [4.69, 9.17) is 22.1 Å². The molecule has 0 saturated carbocycles. The van der Waals surface area contributed by atoms with E-state index in [1.807, 2.05) is 12.1 Å². The van der Waals surface area contributed by atoms with E-state index in [-0.39, 0.29) is 5.95 Å². The van der Waals surface area contributed by atoms with Gasteiger partial charge in [-0.15, -0.1) is 0 Å². The summed E-state index contributed by atoms with van der Waals surface area (Å²) in [5, 5.41) is 3.42. The minimum atomic E-state index is 0.208. The van der Waals surface area contributed by atoms with Crippen LogP contribution in [-0.4, -0.2) is 46.2 Å². The summed E-state index contributed by atoms with van der Waals surface area (Å²) < 4.78 is 5.67. The average molecular weight is 416 g/mol. The summed E-state index contributed by atoms with van der Waals surface area (Å²) in [4.78, 5) is 15.5. The van der Waals surface area contributed by atoms with Crippen molar-refractivity contribution < 1.29 is 4.74 Å². The number of thioether (sulfide) groups is 1. The number of nitrogens with two attached hydrogens (primary N) is 1. The molecule has 6 nitrogen and oxygen atoms in total. The SMILES string of the molecule is CN(C)CCCSc1nc(N)nc(-c2c(Cl)cc3c4c(cccc24)COC3)n1. The Morgan fingerprint density at radius 3 is 2.82 bits per heavy atom. The van der Waals surface area contributed by atoms with Crippen LogP contribution in [0.15, 0.2) is 29.4 Å². The maximum absolute atomic E-state index is 6.66. The van der Waals surface area contributed by atoms with E-state index in [9.17, 15) is 0 Å². The molecule has 8 heteroatoms. The Balaban J connectivity index is 1.74. The molecular formula is C20H22ClN5OS. The molecule has 0 spiro atoms. The minimum absolute atomic E-state index is 0.208. The summed E-state index contributed by atoms with van der Waals surface area (Å²) in [6.07, 6.45) is 1.04. The summed E-state index contributed by atoms with van der Waals surface area (Å²) in [5.74, 6) is 1.64. The topological polar surface area (TPSA) is 77.2 Å². The van der Waals surface area contributed by atoms with E-state index < -0.39 is 0 Å². The Bertz CT molecular complexity index is 1030. The minimum Gasteiger partial charge on any atom is -0.372 e. The lowest BCUT2D eigenvalue weighted by Gasteiger charge is -2.20. The van der Waals surface area contributed by atoms with Crippen LogP contribution in [0.5, 0.6) is 0 Å². The van der Waals surface area contributed by atoms with Crippen molar-refractivity contribution in [2.24, 2.45) is 0 Å². The first kappa shape index (κ1) is 19.4. The molecule has 146 valence electrons. The molecule has 2 heterocycles. The molecule has 1 aliphatic rings. The highest BCUT2D eigenvalue weighted by atomic mass is 35.5. The lowest BCUT2D eigenvalue weighted by atomic mass is 9.94. The van der Waals surface area contributed by atoms with Gasteiger partial charge in [0.05, 0.1) is 18.2 Å². The molecule has 1 aliphatic heterocycles. The number of ether oxygens (including phenoxy) is 1. The molecule has 1 aromatic heterocycles. The standard InChI is InChI=1S/C20H22ClN5OS/c1-26(2)7-4-8-28-20-24-18(23-19(22)25-20)17-14-6-3-5-12-10-27-11-13(16(12)14)9-15(17)21/h3,5-6,9H,4,7-8,10-11H2,1-2H3,(H2,22,23,24,25). The highest BCUT2D eigenvalue weighted by molar-refractivity contribution is 7.99. The zero-order chi connectivity index (χ0) is 19.7. The Morgan fingerprint density at radius 2 is 2.00 bits per heavy atom. The van der Waals surface area contributed by atoms with Gasteiger partial charge in [0.1, 0.15) is 0 Å². The molecule has 0 atom stereocenters. The van der Waals surface area contributed by atoms with Crippen LogP contribution in [0.1, 0.15) is 17.5 Å². The molecule has 0 unspecified atom stereocenters. The summed E-state index contributed by atoms with van der Waals surface area (Å²) in [6, 6.07) is 8.10. The first-order valence-electron chi connectivity index (χ1n) is 9.13. The van der Waals surface area contributed by atoms with Crippen molar-refractivity contribution in [2.45, 2.75) is 24.8 Å². The lowest BCUT2D eigenvalue weighted by Crippen LogP contribution is -2.13. The highest BCUT2D eigenvalue weighted by Crippen LogP contribution is 2.39. The van der Waals surface area contributed by atoms with Crippen molar-refractivity contribution >= 4 is 40.1 Å². The Hall–Kier alpha value is -1.93. The molecule has 0 saturated heterocycles. The first-order valence-corrected chi connectivity index (χ1v) is 10.5. The number of nitrogen functional groups attached to an aromatic ring is 1. The van der Waals surface area contributed by atoms with Crippen LogP contribution in [0.25, 0.3) is 22.2 Å². The van der Waals surface area contributed by atoms with Crippen LogP contribution in [-0.2, 0) is 18.0 Å². The van der Waals surface area contributed by atoms with Gasteiger partial charge in [0, 0.05) is 11.3 Å². The van der Waals surface area contributed by atoms with E-state index in [1.165, 1.54) is 5.39 Å². The molecule has 3 aromatic rings. The molecule has 2 aromatic carbocycles. The predicted molar refractivity (Wildman–Crippen MR) is 115 cm³/mol. The van der Waals surface area contributed by atoms with Gasteiger partial charge in [0.25, 0.3) is 0 Å². The Morgan fingerprint density at radius 1 is 1.18 bits per heavy atom. The maximum atomic E-state index is 6.66. The van der Waals surface area contributed by atoms with Crippen molar-refractivity contribution in [1.82, 2.24) is 19.9 Å². The van der Waals surface area contributed by atoms with Gasteiger partial charge in [-0.3, -0.25) is 0 Å². The molecule has 28 heavy (non-hydrogen) atoms. The fourth-order valence-electron chi connectivity index (χ4n) is 3.44. The number of nitrogens with zero attached hydrogens (tertiary/aromatic N) is 4. The molecule has 0 aliphatic carbocycles. The summed E-state index contributed by atoms with van der Waals surface area (Å²) in [5.41, 5.74) is 9.03. The Labute approximate surface area is 173 Å². The number of anilines is 1. The van der Waals surface area contributed by atoms with Gasteiger partial charge in [-0.05, 0) is 55.0 Å². The first-order chi connectivity index (χ1) is 13.5. The third-order valence-corrected chi connectivity index (χ3v) is 5.86. The summed E-state index contributed by atoms with van der Waals surface area (Å²) >= 11 is 8.24. The van der Waals surface area contributed by atoms with Gasteiger partial charge in [-0.2, -0.15) is 9.97 Å². The van der Waals surface area contributed by atoms with E-state index >= 15 is 0 Å². The number of benzene rings is 2. The maximum Gasteiger partial charge on any atom is 0.224 e. The molecule has 2 N–H and O–H groups in total. The molecule has 0 amide bonds.